The van der Waals surface area contributed by atoms with Crippen molar-refractivity contribution in [2.24, 2.45) is 0 Å². The molecule has 0 unspecified atom stereocenters. The van der Waals surface area contributed by atoms with Crippen LogP contribution in [0.25, 0.3) is 11.1 Å². The molecule has 0 saturated heterocycles. The van der Waals surface area contributed by atoms with Gasteiger partial charge in [-0.2, -0.15) is 13.2 Å². The van der Waals surface area contributed by atoms with Crippen molar-refractivity contribution in [3.63, 3.8) is 0 Å². The summed E-state index contributed by atoms with van der Waals surface area (Å²) in [5, 5.41) is 12.4. The SMILES string of the molecule is CCCCCCCCCCCCNC(=O)c1cc(Br)c(CN(Cc2ccc(-c3ccccc3C(F)(F)F)cc2)C(=O)C(=O)O)c(Br)c1. The van der Waals surface area contributed by atoms with Crippen molar-refractivity contribution in [1.29, 1.82) is 0 Å². The number of hydrogen-bond donors (Lipinski definition) is 2. The maximum atomic E-state index is 13.5. The molecule has 0 bridgehead atoms. The van der Waals surface area contributed by atoms with E-state index < -0.39 is 23.6 Å². The molecule has 0 aliphatic heterocycles. The molecule has 3 aromatic rings. The first-order valence-electron chi connectivity index (χ1n) is 16.0. The molecule has 47 heavy (non-hydrogen) atoms. The van der Waals surface area contributed by atoms with Crippen LogP contribution >= 0.6 is 31.9 Å². The van der Waals surface area contributed by atoms with Gasteiger partial charge in [0, 0.05) is 34.1 Å². The van der Waals surface area contributed by atoms with E-state index in [1.54, 1.807) is 24.3 Å². The molecule has 0 heterocycles. The van der Waals surface area contributed by atoms with Crippen molar-refractivity contribution >= 4 is 49.6 Å². The minimum absolute atomic E-state index is 0.0190. The summed E-state index contributed by atoms with van der Waals surface area (Å²) in [5.74, 6) is -3.02. The Morgan fingerprint density at radius 2 is 1.34 bits per heavy atom. The van der Waals surface area contributed by atoms with Crippen LogP contribution in [0, 0.1) is 0 Å². The number of aliphatic carboxylic acids is 1. The van der Waals surface area contributed by atoms with E-state index in [9.17, 15) is 32.7 Å². The number of hydrogen-bond acceptors (Lipinski definition) is 3. The number of carboxylic acid groups (broad SMARTS) is 1. The Hall–Kier alpha value is -3.18. The third-order valence-corrected chi connectivity index (χ3v) is 9.32. The van der Waals surface area contributed by atoms with Gasteiger partial charge in [0.2, 0.25) is 0 Å². The van der Waals surface area contributed by atoms with E-state index in [0.717, 1.165) is 30.2 Å². The number of rotatable bonds is 17. The highest BCUT2D eigenvalue weighted by atomic mass is 79.9. The molecule has 0 aliphatic rings. The van der Waals surface area contributed by atoms with Gasteiger partial charge in [0.05, 0.1) is 5.56 Å². The Balaban J connectivity index is 1.61. The van der Waals surface area contributed by atoms with E-state index in [0.29, 0.717) is 37.7 Å². The van der Waals surface area contributed by atoms with E-state index in [1.807, 2.05) is 0 Å². The summed E-state index contributed by atoms with van der Waals surface area (Å²) in [4.78, 5) is 38.3. The standard InChI is InChI=1S/C36H41Br2F3N2O4/c1-2-3-4-5-6-7-8-9-10-13-20-42-33(44)27-21-31(37)29(32(38)22-27)24-43(34(45)35(46)47)23-25-16-18-26(19-17-25)28-14-11-12-15-30(28)36(39,40)41/h11-12,14-19,21-22H,2-10,13,20,23-24H2,1H3,(H,42,44)(H,46,47). The Morgan fingerprint density at radius 3 is 1.89 bits per heavy atom. The van der Waals surface area contributed by atoms with Crippen molar-refractivity contribution in [2.45, 2.75) is 90.4 Å². The predicted molar refractivity (Wildman–Crippen MR) is 185 cm³/mol. The number of nitrogens with zero attached hydrogens (tertiary/aromatic N) is 1. The fraction of sp³-hybridized carbons (Fsp3) is 0.417. The van der Waals surface area contributed by atoms with Crippen LogP contribution in [0.4, 0.5) is 13.2 Å². The normalized spacial score (nSPS) is 11.4. The van der Waals surface area contributed by atoms with Crippen molar-refractivity contribution in [3.8, 4) is 11.1 Å². The second kappa shape index (κ2) is 19.0. The summed E-state index contributed by atoms with van der Waals surface area (Å²) in [6, 6.07) is 14.7. The van der Waals surface area contributed by atoms with Crippen LogP contribution in [-0.2, 0) is 28.9 Å². The molecule has 254 valence electrons. The molecule has 0 aliphatic carbocycles. The highest BCUT2D eigenvalue weighted by Gasteiger charge is 2.33. The van der Waals surface area contributed by atoms with Crippen LogP contribution in [0.1, 0.15) is 98.2 Å². The number of alkyl halides is 3. The van der Waals surface area contributed by atoms with Gasteiger partial charge in [-0.3, -0.25) is 9.59 Å². The number of nitrogens with one attached hydrogen (secondary N) is 1. The molecule has 2 N–H and O–H groups in total. The molecule has 0 spiro atoms. The van der Waals surface area contributed by atoms with E-state index in [2.05, 4.69) is 44.1 Å². The lowest BCUT2D eigenvalue weighted by Crippen LogP contribution is -2.35. The van der Waals surface area contributed by atoms with Gasteiger partial charge in [-0.1, -0.05) is 139 Å². The maximum absolute atomic E-state index is 13.5. The highest BCUT2D eigenvalue weighted by Crippen LogP contribution is 2.37. The molecule has 0 fully saturated rings. The van der Waals surface area contributed by atoms with Crippen LogP contribution in [0.3, 0.4) is 0 Å². The topological polar surface area (TPSA) is 86.7 Å². The summed E-state index contributed by atoms with van der Waals surface area (Å²) < 4.78 is 41.6. The summed E-state index contributed by atoms with van der Waals surface area (Å²) in [5.41, 5.74) is 1.09. The van der Waals surface area contributed by atoms with Crippen LogP contribution < -0.4 is 5.32 Å². The second-order valence-corrected chi connectivity index (χ2v) is 13.3. The average Bonchev–Trinajstić information content (AvgIpc) is 3.04. The number of halogens is 5. The minimum Gasteiger partial charge on any atom is -0.474 e. The van der Waals surface area contributed by atoms with E-state index in [-0.39, 0.29) is 24.6 Å². The quantitative estimate of drug-likeness (QED) is 0.105. The average molecular weight is 783 g/mol. The monoisotopic (exact) mass is 780 g/mol. The van der Waals surface area contributed by atoms with Gasteiger partial charge in [0.15, 0.2) is 0 Å². The van der Waals surface area contributed by atoms with Crippen molar-refractivity contribution in [3.05, 3.63) is 91.9 Å². The zero-order valence-corrected chi connectivity index (χ0v) is 29.6. The molecule has 3 aromatic carbocycles. The Labute approximate surface area is 291 Å². The Kier molecular flexibility index (Phi) is 15.5. The molecule has 11 heteroatoms. The molecule has 0 atom stereocenters. The molecular weight excluding hydrogens is 741 g/mol. The number of carbonyl (C=O) groups is 3. The van der Waals surface area contributed by atoms with Crippen LogP contribution in [0.5, 0.6) is 0 Å². The van der Waals surface area contributed by atoms with Gasteiger partial charge in [-0.25, -0.2) is 4.79 Å². The van der Waals surface area contributed by atoms with E-state index in [4.69, 9.17) is 0 Å². The van der Waals surface area contributed by atoms with Crippen LogP contribution in [0.15, 0.2) is 69.6 Å². The first-order chi connectivity index (χ1) is 22.4. The Morgan fingerprint density at radius 1 is 0.787 bits per heavy atom. The molecule has 0 saturated carbocycles. The van der Waals surface area contributed by atoms with Gasteiger partial charge in [-0.15, -0.1) is 0 Å². The number of benzene rings is 3. The van der Waals surface area contributed by atoms with Crippen molar-refractivity contribution in [2.75, 3.05) is 6.54 Å². The zero-order chi connectivity index (χ0) is 34.4. The molecule has 6 nitrogen and oxygen atoms in total. The lowest BCUT2D eigenvalue weighted by atomic mass is 9.98. The lowest BCUT2D eigenvalue weighted by Gasteiger charge is -2.23. The predicted octanol–water partition coefficient (Wildman–Crippen LogP) is 10.2. The summed E-state index contributed by atoms with van der Waals surface area (Å²) in [6.07, 6.45) is 7.52. The first-order valence-corrected chi connectivity index (χ1v) is 17.5. The van der Waals surface area contributed by atoms with Gasteiger partial charge >= 0.3 is 18.1 Å². The van der Waals surface area contributed by atoms with Crippen molar-refractivity contribution in [1.82, 2.24) is 10.2 Å². The highest BCUT2D eigenvalue weighted by molar-refractivity contribution is 9.11. The second-order valence-electron chi connectivity index (χ2n) is 11.6. The fourth-order valence-corrected chi connectivity index (χ4v) is 6.76. The Bertz CT molecular complexity index is 1470. The minimum atomic E-state index is -4.52. The first kappa shape index (κ1) is 38.3. The molecule has 0 radical (unpaired) electrons. The third-order valence-electron chi connectivity index (χ3n) is 7.91. The van der Waals surface area contributed by atoms with Crippen LogP contribution in [0.2, 0.25) is 0 Å². The summed E-state index contributed by atoms with van der Waals surface area (Å²) in [6.45, 7) is 2.57. The maximum Gasteiger partial charge on any atom is 0.417 e. The molecule has 0 aromatic heterocycles. The van der Waals surface area contributed by atoms with Crippen molar-refractivity contribution < 1.29 is 32.7 Å². The summed E-state index contributed by atoms with van der Waals surface area (Å²) >= 11 is 6.95. The zero-order valence-electron chi connectivity index (χ0n) is 26.5. The van der Waals surface area contributed by atoms with Gasteiger partial charge < -0.3 is 15.3 Å². The molecule has 2 amide bonds. The largest absolute Gasteiger partial charge is 0.474 e. The number of amides is 2. The van der Waals surface area contributed by atoms with Crippen LogP contribution in [-0.4, -0.2) is 34.3 Å². The number of carbonyl (C=O) groups excluding carboxylic acids is 2. The van der Waals surface area contributed by atoms with Gasteiger partial charge in [-0.05, 0) is 46.9 Å². The number of unbranched alkanes of at least 4 members (excludes halogenated alkanes) is 9. The molecule has 3 rings (SSSR count). The smallest absolute Gasteiger partial charge is 0.417 e. The van der Waals surface area contributed by atoms with Gasteiger partial charge in [0.25, 0.3) is 5.91 Å². The molecular formula is C36H41Br2F3N2O4. The van der Waals surface area contributed by atoms with Gasteiger partial charge in [0.1, 0.15) is 0 Å². The fourth-order valence-electron chi connectivity index (χ4n) is 5.32. The van der Waals surface area contributed by atoms with E-state index >= 15 is 0 Å². The summed E-state index contributed by atoms with van der Waals surface area (Å²) in [7, 11) is 0. The number of carboxylic acids is 1. The third kappa shape index (κ3) is 12.1. The van der Waals surface area contributed by atoms with E-state index in [1.165, 1.54) is 75.3 Å². The lowest BCUT2D eigenvalue weighted by molar-refractivity contribution is -0.156.